The van der Waals surface area contributed by atoms with Crippen molar-refractivity contribution in [1.82, 2.24) is 0 Å². The molecule has 0 bridgehead atoms. The second kappa shape index (κ2) is 7.06. The summed E-state index contributed by atoms with van der Waals surface area (Å²) in [7, 11) is 1.50. The minimum atomic E-state index is -3.47. The SMILES string of the molecule is [2H]C([2H])([2H])c1c[n+](C)c(-c2c(C)ccc3c2oc2cc4c(cc23)C(C([2H])([2H])[2H])(C([2H])([2H])[2H])c2ccccc2-4)cc1C([2H])(C([2H])([2H])[2H])C([2H])([2H])[2H]. The van der Waals surface area contributed by atoms with E-state index in [2.05, 4.69) is 0 Å². The molecule has 1 aliphatic rings. The number of fused-ring (bicyclic) bond motifs is 6. The van der Waals surface area contributed by atoms with Gasteiger partial charge in [0.25, 0.3) is 0 Å². The van der Waals surface area contributed by atoms with E-state index in [1.807, 2.05) is 0 Å². The fourth-order valence-corrected chi connectivity index (χ4v) is 5.13. The fraction of sp³-hybridized carbons (Fsp3) is 0.281. The molecule has 0 aliphatic heterocycles. The number of pyridine rings is 1. The second-order valence-electron chi connectivity index (χ2n) is 8.90. The Kier molecular flexibility index (Phi) is 2.09. The Morgan fingerprint density at radius 3 is 2.59 bits per heavy atom. The fourth-order valence-electron chi connectivity index (χ4n) is 5.13. The van der Waals surface area contributed by atoms with Gasteiger partial charge in [0.1, 0.15) is 18.2 Å². The number of rotatable bonds is 2. The smallest absolute Gasteiger partial charge is 0.216 e. The van der Waals surface area contributed by atoms with Crippen LogP contribution in [0.25, 0.3) is 44.3 Å². The minimum Gasteiger partial charge on any atom is -0.455 e. The Morgan fingerprint density at radius 1 is 0.941 bits per heavy atom. The molecule has 0 atom stereocenters. The highest BCUT2D eigenvalue weighted by Gasteiger charge is 2.36. The number of benzene rings is 3. The van der Waals surface area contributed by atoms with Crippen LogP contribution in [0, 0.1) is 13.8 Å². The molecule has 2 aromatic heterocycles. The first-order chi connectivity index (χ1) is 22.7. The summed E-state index contributed by atoms with van der Waals surface area (Å²) in [5.74, 6) is -3.33. The first-order valence-corrected chi connectivity index (χ1v) is 10.8. The van der Waals surface area contributed by atoms with E-state index in [1.165, 1.54) is 23.7 Å². The molecule has 3 aromatic carbocycles. The van der Waals surface area contributed by atoms with Crippen molar-refractivity contribution in [3.8, 4) is 22.4 Å². The van der Waals surface area contributed by atoms with Gasteiger partial charge in [0.05, 0.1) is 5.56 Å². The molecular formula is C32H32NO+. The number of aromatic nitrogens is 1. The van der Waals surface area contributed by atoms with E-state index in [9.17, 15) is 0 Å². The van der Waals surface area contributed by atoms with Gasteiger partial charge in [-0.05, 0) is 65.2 Å². The van der Waals surface area contributed by atoms with E-state index in [4.69, 9.17) is 26.3 Å². The first kappa shape index (κ1) is 10.1. The molecule has 170 valence electrons. The molecule has 0 spiro atoms. The number of hydrogen-bond acceptors (Lipinski definition) is 1. The standard InChI is InChI=1S/C32H32NO/c1-18(2)23-15-28(33(7)17-20(23)4)30-19(3)12-13-22-25-14-27-24(16-29(25)34-31(22)30)21-10-8-9-11-26(21)32(27,5)6/h8-18H,1-7H3/q+1/i1D3,2D3,4D3,5D3,6D3,18D. The maximum Gasteiger partial charge on any atom is 0.216 e. The number of aryl methyl sites for hydroxylation is 3. The van der Waals surface area contributed by atoms with Crippen molar-refractivity contribution >= 4 is 21.9 Å². The van der Waals surface area contributed by atoms with Gasteiger partial charge in [0.2, 0.25) is 5.69 Å². The zero-order chi connectivity index (χ0) is 37.4. The van der Waals surface area contributed by atoms with Gasteiger partial charge in [-0.25, -0.2) is 4.57 Å². The van der Waals surface area contributed by atoms with Gasteiger partial charge in [-0.3, -0.25) is 0 Å². The normalized spacial score (nSPS) is 23.4. The van der Waals surface area contributed by atoms with Gasteiger partial charge in [-0.15, -0.1) is 0 Å². The summed E-state index contributed by atoms with van der Waals surface area (Å²) >= 11 is 0. The zero-order valence-electron chi connectivity index (χ0n) is 34.6. The predicted molar refractivity (Wildman–Crippen MR) is 141 cm³/mol. The van der Waals surface area contributed by atoms with Crippen molar-refractivity contribution in [2.45, 2.75) is 52.5 Å². The molecule has 1 aliphatic carbocycles. The molecule has 0 N–H and O–H groups in total. The quantitative estimate of drug-likeness (QED) is 0.242. The largest absolute Gasteiger partial charge is 0.455 e. The third kappa shape index (κ3) is 2.78. The first-order valence-electron chi connectivity index (χ1n) is 18.8. The lowest BCUT2D eigenvalue weighted by Crippen LogP contribution is -2.32. The molecule has 0 fully saturated rings. The Hall–Kier alpha value is -3.39. The van der Waals surface area contributed by atoms with E-state index < -0.39 is 56.7 Å². The highest BCUT2D eigenvalue weighted by atomic mass is 16.3. The molecule has 0 unspecified atom stereocenters. The average molecular weight is 463 g/mol. The molecule has 34 heavy (non-hydrogen) atoms. The summed E-state index contributed by atoms with van der Waals surface area (Å²) in [4.78, 5) is 0. The molecular weight excluding hydrogens is 414 g/mol. The van der Waals surface area contributed by atoms with Crippen LogP contribution in [0.15, 0.2) is 65.2 Å². The van der Waals surface area contributed by atoms with Crippen LogP contribution in [-0.4, -0.2) is 0 Å². The molecule has 6 rings (SSSR count). The summed E-state index contributed by atoms with van der Waals surface area (Å²) in [6, 6.07) is 14.1. The van der Waals surface area contributed by atoms with Gasteiger partial charge in [0, 0.05) is 49.7 Å². The monoisotopic (exact) mass is 462 g/mol. The van der Waals surface area contributed by atoms with Gasteiger partial charge in [-0.1, -0.05) is 63.8 Å². The lowest BCUT2D eigenvalue weighted by atomic mass is 9.82. The van der Waals surface area contributed by atoms with Gasteiger partial charge in [-0.2, -0.15) is 0 Å². The minimum absolute atomic E-state index is 0.0836. The molecule has 2 heteroatoms. The summed E-state index contributed by atoms with van der Waals surface area (Å²) in [6.07, 6.45) is 1.10. The van der Waals surface area contributed by atoms with Crippen LogP contribution in [0.5, 0.6) is 0 Å². The van der Waals surface area contributed by atoms with Gasteiger partial charge >= 0.3 is 0 Å². The van der Waals surface area contributed by atoms with Crippen molar-refractivity contribution in [2.24, 2.45) is 7.05 Å². The predicted octanol–water partition coefficient (Wildman–Crippen LogP) is 8.12. The molecule has 5 aromatic rings. The van der Waals surface area contributed by atoms with Crippen molar-refractivity contribution in [3.05, 3.63) is 88.6 Å². The van der Waals surface area contributed by atoms with E-state index in [-0.39, 0.29) is 28.0 Å². The van der Waals surface area contributed by atoms with Crippen LogP contribution >= 0.6 is 0 Å². The Labute approximate surface area is 224 Å². The summed E-state index contributed by atoms with van der Waals surface area (Å²) < 4.78 is 141. The van der Waals surface area contributed by atoms with E-state index in [1.54, 1.807) is 43.3 Å². The molecule has 0 amide bonds. The molecule has 0 radical (unpaired) electrons. The number of hydrogen-bond donors (Lipinski definition) is 0. The summed E-state index contributed by atoms with van der Waals surface area (Å²) in [5.41, 5.74) is -1.08. The lowest BCUT2D eigenvalue weighted by Gasteiger charge is -2.21. The van der Waals surface area contributed by atoms with Crippen molar-refractivity contribution in [3.63, 3.8) is 0 Å². The van der Waals surface area contributed by atoms with Gasteiger partial charge < -0.3 is 4.42 Å². The van der Waals surface area contributed by atoms with E-state index >= 15 is 0 Å². The number of furan rings is 1. The van der Waals surface area contributed by atoms with Crippen LogP contribution in [-0.2, 0) is 12.5 Å². The zero-order valence-corrected chi connectivity index (χ0v) is 18.6. The van der Waals surface area contributed by atoms with E-state index in [0.29, 0.717) is 33.0 Å². The van der Waals surface area contributed by atoms with E-state index in [0.717, 1.165) is 12.3 Å². The van der Waals surface area contributed by atoms with Crippen LogP contribution in [0.3, 0.4) is 0 Å². The van der Waals surface area contributed by atoms with Crippen LogP contribution in [0.4, 0.5) is 0 Å². The lowest BCUT2D eigenvalue weighted by molar-refractivity contribution is -0.660. The Morgan fingerprint density at radius 2 is 1.79 bits per heavy atom. The number of nitrogens with zero attached hydrogens (tertiary/aromatic N) is 1. The van der Waals surface area contributed by atoms with Crippen LogP contribution in [0.1, 0.15) is 83.1 Å². The highest BCUT2D eigenvalue weighted by molar-refractivity contribution is 6.11. The summed E-state index contributed by atoms with van der Waals surface area (Å²) in [5, 5.41) is 0.835. The van der Waals surface area contributed by atoms with Crippen molar-refractivity contribution in [2.75, 3.05) is 0 Å². The highest BCUT2D eigenvalue weighted by Crippen LogP contribution is 2.51. The Bertz CT molecular complexity index is 2170. The maximum absolute atomic E-state index is 8.89. The molecule has 0 saturated heterocycles. The third-order valence-electron chi connectivity index (χ3n) is 6.81. The van der Waals surface area contributed by atoms with Crippen molar-refractivity contribution in [1.29, 1.82) is 0 Å². The Balaban J connectivity index is 1.73. The maximum atomic E-state index is 8.89. The third-order valence-corrected chi connectivity index (χ3v) is 6.81. The van der Waals surface area contributed by atoms with Crippen LogP contribution in [0.2, 0.25) is 0 Å². The molecule has 2 heterocycles. The average Bonchev–Trinajstić information content (AvgIpc) is 3.46. The van der Waals surface area contributed by atoms with Crippen molar-refractivity contribution < 1.29 is 30.9 Å². The second-order valence-corrected chi connectivity index (χ2v) is 8.90. The topological polar surface area (TPSA) is 17.0 Å². The summed E-state index contributed by atoms with van der Waals surface area (Å²) in [6.45, 7) is -14.2. The van der Waals surface area contributed by atoms with Crippen LogP contribution < -0.4 is 4.57 Å². The molecule has 0 saturated carbocycles. The van der Waals surface area contributed by atoms with Gasteiger partial charge in [0.15, 0.2) is 6.20 Å². The molecule has 2 nitrogen and oxygen atoms in total.